The highest BCUT2D eigenvalue weighted by Crippen LogP contribution is 2.10. The summed E-state index contributed by atoms with van der Waals surface area (Å²) in [7, 11) is 0. The van der Waals surface area contributed by atoms with Gasteiger partial charge in [-0.25, -0.2) is 0 Å². The molecule has 0 aliphatic rings. The zero-order valence-electron chi connectivity index (χ0n) is 11.6. The van der Waals surface area contributed by atoms with E-state index in [4.69, 9.17) is 15.2 Å². The zero-order chi connectivity index (χ0) is 13.3. The first-order valence-electron chi connectivity index (χ1n) is 6.35. The van der Waals surface area contributed by atoms with Crippen molar-refractivity contribution in [3.8, 4) is 0 Å². The Bertz CT molecular complexity index is 211. The molecule has 0 aliphatic carbocycles. The van der Waals surface area contributed by atoms with E-state index in [1.807, 2.05) is 20.8 Å². The molecule has 4 heteroatoms. The molecule has 102 valence electrons. The molecule has 0 heterocycles. The topological polar surface area (TPSA) is 61.6 Å². The molecule has 17 heavy (non-hydrogen) atoms. The molecule has 0 fully saturated rings. The fourth-order valence-electron chi connectivity index (χ4n) is 1.37. The Labute approximate surface area is 105 Å². The first kappa shape index (κ1) is 16.4. The van der Waals surface area contributed by atoms with Crippen LogP contribution in [0.4, 0.5) is 0 Å². The maximum Gasteiger partial charge on any atom is 0.305 e. The summed E-state index contributed by atoms with van der Waals surface area (Å²) in [4.78, 5) is 11.4. The Morgan fingerprint density at radius 2 is 1.88 bits per heavy atom. The lowest BCUT2D eigenvalue weighted by Crippen LogP contribution is -2.22. The molecule has 2 N–H and O–H groups in total. The van der Waals surface area contributed by atoms with Crippen LogP contribution >= 0.6 is 0 Å². The Hall–Kier alpha value is -0.610. The van der Waals surface area contributed by atoms with Gasteiger partial charge >= 0.3 is 5.97 Å². The molecule has 0 saturated heterocycles. The van der Waals surface area contributed by atoms with Gasteiger partial charge in [0.1, 0.15) is 6.61 Å². The molecule has 0 aromatic rings. The Kier molecular flexibility index (Phi) is 8.17. The molecule has 0 aliphatic heterocycles. The standard InChI is InChI=1S/C13H27NO3/c1-11(7-8-14)5-6-12(15)16-9-10-17-13(2,3)4/h11H,5-10,14H2,1-4H3. The van der Waals surface area contributed by atoms with Crippen LogP contribution in [0.25, 0.3) is 0 Å². The molecule has 0 rings (SSSR count). The van der Waals surface area contributed by atoms with Gasteiger partial charge in [0.15, 0.2) is 0 Å². The molecule has 0 aromatic carbocycles. The minimum absolute atomic E-state index is 0.147. The van der Waals surface area contributed by atoms with Crippen LogP contribution < -0.4 is 5.73 Å². The van der Waals surface area contributed by atoms with Crippen LogP contribution in [0.3, 0.4) is 0 Å². The van der Waals surface area contributed by atoms with Crippen LogP contribution in [-0.4, -0.2) is 31.3 Å². The largest absolute Gasteiger partial charge is 0.463 e. The van der Waals surface area contributed by atoms with Crippen molar-refractivity contribution in [3.63, 3.8) is 0 Å². The van der Waals surface area contributed by atoms with Crippen molar-refractivity contribution in [2.45, 2.75) is 52.6 Å². The highest BCUT2D eigenvalue weighted by atomic mass is 16.6. The summed E-state index contributed by atoms with van der Waals surface area (Å²) in [5.41, 5.74) is 5.26. The summed E-state index contributed by atoms with van der Waals surface area (Å²) < 4.78 is 10.5. The zero-order valence-corrected chi connectivity index (χ0v) is 11.6. The number of rotatable bonds is 8. The van der Waals surface area contributed by atoms with Crippen LogP contribution in [0.2, 0.25) is 0 Å². The highest BCUT2D eigenvalue weighted by molar-refractivity contribution is 5.69. The van der Waals surface area contributed by atoms with E-state index < -0.39 is 0 Å². The second kappa shape index (κ2) is 8.48. The number of carbonyl (C=O) groups excluding carboxylic acids is 1. The highest BCUT2D eigenvalue weighted by Gasteiger charge is 2.11. The molecular weight excluding hydrogens is 218 g/mol. The smallest absolute Gasteiger partial charge is 0.305 e. The van der Waals surface area contributed by atoms with Crippen LogP contribution in [0, 0.1) is 5.92 Å². The van der Waals surface area contributed by atoms with Crippen molar-refractivity contribution in [2.24, 2.45) is 11.7 Å². The molecule has 0 radical (unpaired) electrons. The Balaban J connectivity index is 3.47. The van der Waals surface area contributed by atoms with Crippen molar-refractivity contribution in [3.05, 3.63) is 0 Å². The molecule has 1 unspecified atom stereocenters. The summed E-state index contributed by atoms with van der Waals surface area (Å²) in [6.07, 6.45) is 2.27. The predicted molar refractivity (Wildman–Crippen MR) is 68.7 cm³/mol. The van der Waals surface area contributed by atoms with Gasteiger partial charge in [-0.05, 0) is 46.1 Å². The van der Waals surface area contributed by atoms with Crippen molar-refractivity contribution in [1.29, 1.82) is 0 Å². The fourth-order valence-corrected chi connectivity index (χ4v) is 1.37. The average Bonchev–Trinajstić information content (AvgIpc) is 2.21. The van der Waals surface area contributed by atoms with Gasteiger partial charge < -0.3 is 15.2 Å². The third kappa shape index (κ3) is 11.6. The van der Waals surface area contributed by atoms with Gasteiger partial charge in [0.2, 0.25) is 0 Å². The number of nitrogens with two attached hydrogens (primary N) is 1. The Morgan fingerprint density at radius 1 is 1.24 bits per heavy atom. The maximum atomic E-state index is 11.4. The summed E-state index contributed by atoms with van der Waals surface area (Å²) in [6, 6.07) is 0. The fraction of sp³-hybridized carbons (Fsp3) is 0.923. The van der Waals surface area contributed by atoms with E-state index in [2.05, 4.69) is 6.92 Å². The lowest BCUT2D eigenvalue weighted by Gasteiger charge is -2.19. The third-order valence-corrected chi connectivity index (χ3v) is 2.38. The molecule has 0 bridgehead atoms. The van der Waals surface area contributed by atoms with E-state index in [1.54, 1.807) is 0 Å². The second-order valence-corrected chi connectivity index (χ2v) is 5.40. The number of hydrogen-bond acceptors (Lipinski definition) is 4. The number of carbonyl (C=O) groups is 1. The molecule has 4 nitrogen and oxygen atoms in total. The summed E-state index contributed by atoms with van der Waals surface area (Å²) in [5.74, 6) is 0.338. The SMILES string of the molecule is CC(CCN)CCC(=O)OCCOC(C)(C)C. The van der Waals surface area contributed by atoms with Gasteiger partial charge in [-0.15, -0.1) is 0 Å². The minimum atomic E-state index is -0.179. The van der Waals surface area contributed by atoms with Crippen molar-refractivity contribution < 1.29 is 14.3 Å². The van der Waals surface area contributed by atoms with E-state index in [0.29, 0.717) is 32.1 Å². The molecule has 0 aromatic heterocycles. The normalized spacial score (nSPS) is 13.5. The van der Waals surface area contributed by atoms with Crippen molar-refractivity contribution >= 4 is 5.97 Å². The summed E-state index contributed by atoms with van der Waals surface area (Å²) >= 11 is 0. The Morgan fingerprint density at radius 3 is 2.41 bits per heavy atom. The van der Waals surface area contributed by atoms with Crippen molar-refractivity contribution in [1.82, 2.24) is 0 Å². The number of ether oxygens (including phenoxy) is 2. The van der Waals surface area contributed by atoms with E-state index >= 15 is 0 Å². The van der Waals surface area contributed by atoms with Gasteiger partial charge in [-0.2, -0.15) is 0 Å². The monoisotopic (exact) mass is 245 g/mol. The first-order chi connectivity index (χ1) is 7.85. The summed E-state index contributed by atoms with van der Waals surface area (Å²) in [5, 5.41) is 0. The van der Waals surface area contributed by atoms with Gasteiger partial charge in [0, 0.05) is 6.42 Å². The minimum Gasteiger partial charge on any atom is -0.463 e. The second-order valence-electron chi connectivity index (χ2n) is 5.40. The van der Waals surface area contributed by atoms with E-state index in [9.17, 15) is 4.79 Å². The summed E-state index contributed by atoms with van der Waals surface area (Å²) in [6.45, 7) is 9.49. The molecule has 0 spiro atoms. The first-order valence-corrected chi connectivity index (χ1v) is 6.35. The quantitative estimate of drug-likeness (QED) is 0.525. The molecule has 0 saturated carbocycles. The van der Waals surface area contributed by atoms with Gasteiger partial charge in [0.05, 0.1) is 12.2 Å². The number of esters is 1. The molecule has 1 atom stereocenters. The number of hydrogen-bond donors (Lipinski definition) is 1. The molecular formula is C13H27NO3. The van der Waals surface area contributed by atoms with E-state index in [-0.39, 0.29) is 11.6 Å². The lowest BCUT2D eigenvalue weighted by atomic mass is 10.0. The third-order valence-electron chi connectivity index (χ3n) is 2.38. The average molecular weight is 245 g/mol. The lowest BCUT2D eigenvalue weighted by molar-refractivity contribution is -0.147. The van der Waals surface area contributed by atoms with Crippen LogP contribution in [-0.2, 0) is 14.3 Å². The van der Waals surface area contributed by atoms with E-state index in [1.165, 1.54) is 0 Å². The van der Waals surface area contributed by atoms with Gasteiger partial charge in [-0.3, -0.25) is 4.79 Å². The predicted octanol–water partition coefficient (Wildman–Crippen LogP) is 2.11. The van der Waals surface area contributed by atoms with Crippen LogP contribution in [0.15, 0.2) is 0 Å². The van der Waals surface area contributed by atoms with Crippen LogP contribution in [0.5, 0.6) is 0 Å². The van der Waals surface area contributed by atoms with Gasteiger partial charge in [0.25, 0.3) is 0 Å². The molecule has 0 amide bonds. The maximum absolute atomic E-state index is 11.4. The van der Waals surface area contributed by atoms with Crippen LogP contribution in [0.1, 0.15) is 47.0 Å². The van der Waals surface area contributed by atoms with Gasteiger partial charge in [-0.1, -0.05) is 6.92 Å². The van der Waals surface area contributed by atoms with E-state index in [0.717, 1.165) is 12.8 Å². The van der Waals surface area contributed by atoms with Crippen molar-refractivity contribution in [2.75, 3.05) is 19.8 Å².